The highest BCUT2D eigenvalue weighted by molar-refractivity contribution is 5.81. The number of nitrogens with one attached hydrogen (secondary N) is 1. The van der Waals surface area contributed by atoms with Gasteiger partial charge < -0.3 is 14.8 Å². The summed E-state index contributed by atoms with van der Waals surface area (Å²) < 4.78 is 13.3. The molecule has 0 saturated carbocycles. The van der Waals surface area contributed by atoms with Crippen LogP contribution in [0, 0.1) is 0 Å². The van der Waals surface area contributed by atoms with Crippen LogP contribution in [0.4, 0.5) is 0 Å². The molecule has 21 heavy (non-hydrogen) atoms. The first-order valence-corrected chi connectivity index (χ1v) is 7.77. The van der Waals surface area contributed by atoms with Crippen molar-refractivity contribution >= 4 is 5.91 Å². The van der Waals surface area contributed by atoms with Gasteiger partial charge in [0.2, 0.25) is 5.91 Å². The van der Waals surface area contributed by atoms with Crippen LogP contribution in [0.25, 0.3) is 0 Å². The van der Waals surface area contributed by atoms with Gasteiger partial charge in [0.05, 0.1) is 18.3 Å². The lowest BCUT2D eigenvalue weighted by Crippen LogP contribution is -2.42. The molecule has 0 bridgehead atoms. The van der Waals surface area contributed by atoms with E-state index < -0.39 is 0 Å². The van der Waals surface area contributed by atoms with Crippen molar-refractivity contribution in [3.8, 4) is 0 Å². The second-order valence-corrected chi connectivity index (χ2v) is 5.84. The Bertz CT molecular complexity index is 502. The Morgan fingerprint density at radius 2 is 2.33 bits per heavy atom. The summed E-state index contributed by atoms with van der Waals surface area (Å²) in [5.74, 6) is -0.0114. The van der Waals surface area contributed by atoms with E-state index in [-0.39, 0.29) is 30.3 Å². The highest BCUT2D eigenvalue weighted by Gasteiger charge is 2.35. The lowest BCUT2D eigenvalue weighted by atomic mass is 10.0. The third kappa shape index (κ3) is 3.11. The van der Waals surface area contributed by atoms with Crippen molar-refractivity contribution in [2.24, 2.45) is 0 Å². The number of hydrogen-bond donors (Lipinski definition) is 1. The Balaban J connectivity index is 1.62. The Morgan fingerprint density at radius 1 is 1.48 bits per heavy atom. The fourth-order valence-electron chi connectivity index (χ4n) is 3.04. The third-order valence-corrected chi connectivity index (χ3v) is 4.25. The molecule has 6 heteroatoms. The number of carbonyl (C=O) groups excluding carboxylic acids is 1. The normalized spacial score (nSPS) is 32.5. The highest BCUT2D eigenvalue weighted by Crippen LogP contribution is 2.29. The third-order valence-electron chi connectivity index (χ3n) is 4.25. The van der Waals surface area contributed by atoms with E-state index in [1.807, 2.05) is 30.9 Å². The SMILES string of the molecule is CCn1cc([C@H]2OCC[C@@H]2NC(=O)[C@H]2CC[C@@H](C)O2)cn1. The summed E-state index contributed by atoms with van der Waals surface area (Å²) in [4.78, 5) is 12.3. The van der Waals surface area contributed by atoms with E-state index in [2.05, 4.69) is 10.4 Å². The lowest BCUT2D eigenvalue weighted by Gasteiger charge is -2.21. The molecule has 1 aromatic heterocycles. The molecule has 0 radical (unpaired) electrons. The number of carbonyl (C=O) groups is 1. The molecule has 0 spiro atoms. The van der Waals surface area contributed by atoms with E-state index in [1.54, 1.807) is 0 Å². The van der Waals surface area contributed by atoms with Crippen LogP contribution in [-0.2, 0) is 20.8 Å². The van der Waals surface area contributed by atoms with E-state index in [0.717, 1.165) is 31.4 Å². The summed E-state index contributed by atoms with van der Waals surface area (Å²) in [5, 5.41) is 7.37. The van der Waals surface area contributed by atoms with Crippen LogP contribution < -0.4 is 5.32 Å². The average molecular weight is 293 g/mol. The molecule has 2 aliphatic rings. The van der Waals surface area contributed by atoms with Gasteiger partial charge in [-0.05, 0) is 33.1 Å². The minimum absolute atomic E-state index is 0.00603. The predicted molar refractivity (Wildman–Crippen MR) is 76.7 cm³/mol. The van der Waals surface area contributed by atoms with Gasteiger partial charge in [0.15, 0.2) is 0 Å². The van der Waals surface area contributed by atoms with Crippen LogP contribution in [0.3, 0.4) is 0 Å². The first kappa shape index (κ1) is 14.5. The number of ether oxygens (including phenoxy) is 2. The van der Waals surface area contributed by atoms with E-state index in [1.165, 1.54) is 0 Å². The average Bonchev–Trinajstić information content (AvgIpc) is 3.17. The second-order valence-electron chi connectivity index (χ2n) is 5.84. The monoisotopic (exact) mass is 293 g/mol. The van der Waals surface area contributed by atoms with Gasteiger partial charge in [0.25, 0.3) is 0 Å². The van der Waals surface area contributed by atoms with Gasteiger partial charge in [-0.2, -0.15) is 5.10 Å². The van der Waals surface area contributed by atoms with Crippen molar-refractivity contribution in [3.05, 3.63) is 18.0 Å². The number of aryl methyl sites for hydroxylation is 1. The first-order chi connectivity index (χ1) is 10.2. The number of hydrogen-bond acceptors (Lipinski definition) is 4. The van der Waals surface area contributed by atoms with Gasteiger partial charge in [0, 0.05) is 24.9 Å². The van der Waals surface area contributed by atoms with Crippen molar-refractivity contribution in [2.75, 3.05) is 6.61 Å². The molecule has 0 aromatic carbocycles. The topological polar surface area (TPSA) is 65.4 Å². The zero-order chi connectivity index (χ0) is 14.8. The minimum Gasteiger partial charge on any atom is -0.371 e. The lowest BCUT2D eigenvalue weighted by molar-refractivity contribution is -0.132. The van der Waals surface area contributed by atoms with E-state index in [4.69, 9.17) is 9.47 Å². The molecule has 1 aromatic rings. The molecule has 0 aliphatic carbocycles. The molecular weight excluding hydrogens is 270 g/mol. The summed E-state index contributed by atoms with van der Waals surface area (Å²) in [6.45, 7) is 5.55. The largest absolute Gasteiger partial charge is 0.371 e. The fraction of sp³-hybridized carbons (Fsp3) is 0.733. The van der Waals surface area contributed by atoms with Gasteiger partial charge in [0.1, 0.15) is 12.2 Å². The van der Waals surface area contributed by atoms with Crippen LogP contribution in [-0.4, -0.2) is 40.5 Å². The molecule has 3 rings (SSSR count). The summed E-state index contributed by atoms with van der Waals surface area (Å²) in [6.07, 6.45) is 6.17. The standard InChI is InChI=1S/C15H23N3O3/c1-3-18-9-11(8-16-18)14-12(6-7-20-14)17-15(19)13-5-4-10(2)21-13/h8-10,12-14H,3-7H2,1-2H3,(H,17,19)/t10-,12+,13-,14-/m1/s1. The molecule has 116 valence electrons. The Hall–Kier alpha value is -1.40. The van der Waals surface area contributed by atoms with Gasteiger partial charge in [-0.25, -0.2) is 0 Å². The summed E-state index contributed by atoms with van der Waals surface area (Å²) >= 11 is 0. The van der Waals surface area contributed by atoms with E-state index in [9.17, 15) is 4.79 Å². The van der Waals surface area contributed by atoms with Crippen LogP contribution in [0.15, 0.2) is 12.4 Å². The number of amides is 1. The Labute approximate surface area is 124 Å². The molecule has 4 atom stereocenters. The molecule has 3 heterocycles. The van der Waals surface area contributed by atoms with E-state index in [0.29, 0.717) is 6.61 Å². The van der Waals surface area contributed by atoms with Gasteiger partial charge in [-0.15, -0.1) is 0 Å². The van der Waals surface area contributed by atoms with Crippen molar-refractivity contribution in [2.45, 2.75) is 64.0 Å². The fourth-order valence-corrected chi connectivity index (χ4v) is 3.04. The molecule has 2 saturated heterocycles. The predicted octanol–water partition coefficient (Wildman–Crippen LogP) is 1.42. The van der Waals surface area contributed by atoms with Crippen molar-refractivity contribution in [1.82, 2.24) is 15.1 Å². The zero-order valence-corrected chi connectivity index (χ0v) is 12.6. The van der Waals surface area contributed by atoms with Crippen molar-refractivity contribution in [3.63, 3.8) is 0 Å². The maximum absolute atomic E-state index is 12.3. The Morgan fingerprint density at radius 3 is 3.00 bits per heavy atom. The maximum Gasteiger partial charge on any atom is 0.249 e. The molecule has 0 unspecified atom stereocenters. The van der Waals surface area contributed by atoms with Crippen molar-refractivity contribution in [1.29, 1.82) is 0 Å². The Kier molecular flexibility index (Phi) is 4.26. The maximum atomic E-state index is 12.3. The molecule has 2 fully saturated rings. The van der Waals surface area contributed by atoms with Crippen LogP contribution in [0.1, 0.15) is 44.8 Å². The molecule has 1 amide bonds. The highest BCUT2D eigenvalue weighted by atomic mass is 16.5. The first-order valence-electron chi connectivity index (χ1n) is 7.77. The van der Waals surface area contributed by atoms with Gasteiger partial charge in [-0.3, -0.25) is 9.48 Å². The number of aromatic nitrogens is 2. The van der Waals surface area contributed by atoms with Gasteiger partial charge >= 0.3 is 0 Å². The molecule has 6 nitrogen and oxygen atoms in total. The van der Waals surface area contributed by atoms with Crippen LogP contribution in [0.5, 0.6) is 0 Å². The molecule has 2 aliphatic heterocycles. The summed E-state index contributed by atoms with van der Waals surface area (Å²) in [6, 6.07) is 0.00603. The van der Waals surface area contributed by atoms with Crippen molar-refractivity contribution < 1.29 is 14.3 Å². The smallest absolute Gasteiger partial charge is 0.249 e. The second kappa shape index (κ2) is 6.15. The van der Waals surface area contributed by atoms with Gasteiger partial charge in [-0.1, -0.05) is 0 Å². The number of rotatable bonds is 4. The molecule has 1 N–H and O–H groups in total. The zero-order valence-electron chi connectivity index (χ0n) is 12.6. The van der Waals surface area contributed by atoms with Crippen LogP contribution in [0.2, 0.25) is 0 Å². The summed E-state index contributed by atoms with van der Waals surface area (Å²) in [7, 11) is 0. The molecular formula is C15H23N3O3. The number of nitrogens with zero attached hydrogens (tertiary/aromatic N) is 2. The quantitative estimate of drug-likeness (QED) is 0.911. The van der Waals surface area contributed by atoms with Crippen LogP contribution >= 0.6 is 0 Å². The summed E-state index contributed by atoms with van der Waals surface area (Å²) in [5.41, 5.74) is 1.03. The van der Waals surface area contributed by atoms with E-state index >= 15 is 0 Å². The minimum atomic E-state index is -0.306.